The van der Waals surface area contributed by atoms with Crippen molar-refractivity contribution in [2.75, 3.05) is 47.1 Å². The predicted molar refractivity (Wildman–Crippen MR) is 86.7 cm³/mol. The molecule has 2 fully saturated rings. The highest BCUT2D eigenvalue weighted by molar-refractivity contribution is 5.94. The molecule has 0 aromatic heterocycles. The monoisotopic (exact) mass is 319 g/mol. The molecule has 1 spiro atoms. The Balaban J connectivity index is 1.79. The lowest BCUT2D eigenvalue weighted by Crippen LogP contribution is -2.39. The Kier molecular flexibility index (Phi) is 4.87. The summed E-state index contributed by atoms with van der Waals surface area (Å²) in [5.74, 6) is 1.17. The van der Waals surface area contributed by atoms with E-state index in [1.54, 1.807) is 14.2 Å². The summed E-state index contributed by atoms with van der Waals surface area (Å²) in [5.41, 5.74) is 0.826. The Morgan fingerprint density at radius 3 is 2.83 bits per heavy atom. The molecule has 23 heavy (non-hydrogen) atoms. The first-order valence-corrected chi connectivity index (χ1v) is 8.18. The van der Waals surface area contributed by atoms with Gasteiger partial charge in [0.2, 0.25) is 0 Å². The molecule has 126 valence electrons. The number of benzene rings is 1. The molecular formula is C18H25NO4. The van der Waals surface area contributed by atoms with Crippen molar-refractivity contribution in [3.05, 3.63) is 29.8 Å². The smallest absolute Gasteiger partial charge is 0.254 e. The standard InChI is InChI=1S/C18H25NO4/c1-21-12-15-11-19(13-18(15)6-8-23-9-7-18)17(20)14-4-3-5-16(10-14)22-2/h3-5,10,15H,6-9,11-13H2,1-2H3. The molecule has 0 aliphatic carbocycles. The average Bonchev–Trinajstić information content (AvgIpc) is 2.93. The molecule has 1 unspecified atom stereocenters. The molecule has 0 bridgehead atoms. The fourth-order valence-corrected chi connectivity index (χ4v) is 3.90. The summed E-state index contributed by atoms with van der Waals surface area (Å²) in [6, 6.07) is 7.38. The Labute approximate surface area is 137 Å². The van der Waals surface area contributed by atoms with Crippen molar-refractivity contribution < 1.29 is 19.0 Å². The van der Waals surface area contributed by atoms with Gasteiger partial charge in [0.1, 0.15) is 5.75 Å². The molecule has 2 heterocycles. The normalized spacial score (nSPS) is 23.2. The first-order chi connectivity index (χ1) is 11.2. The summed E-state index contributed by atoms with van der Waals surface area (Å²) in [5, 5.41) is 0. The van der Waals surface area contributed by atoms with E-state index < -0.39 is 0 Å². The number of likely N-dealkylation sites (tertiary alicyclic amines) is 1. The number of rotatable bonds is 4. The molecule has 1 amide bonds. The van der Waals surface area contributed by atoms with Crippen LogP contribution >= 0.6 is 0 Å². The largest absolute Gasteiger partial charge is 0.497 e. The van der Waals surface area contributed by atoms with Crippen molar-refractivity contribution in [2.24, 2.45) is 11.3 Å². The number of hydrogen-bond donors (Lipinski definition) is 0. The van der Waals surface area contributed by atoms with Crippen LogP contribution in [0.2, 0.25) is 0 Å². The van der Waals surface area contributed by atoms with E-state index in [9.17, 15) is 4.79 Å². The van der Waals surface area contributed by atoms with Crippen LogP contribution in [-0.2, 0) is 9.47 Å². The molecule has 0 saturated carbocycles. The molecule has 1 aromatic carbocycles. The minimum atomic E-state index is 0.0772. The molecule has 0 radical (unpaired) electrons. The maximum Gasteiger partial charge on any atom is 0.254 e. The van der Waals surface area contributed by atoms with E-state index in [0.29, 0.717) is 23.8 Å². The predicted octanol–water partition coefficient (Wildman–Crippen LogP) is 2.21. The zero-order chi connectivity index (χ0) is 16.3. The third-order valence-electron chi connectivity index (χ3n) is 5.27. The van der Waals surface area contributed by atoms with Gasteiger partial charge in [-0.05, 0) is 36.5 Å². The van der Waals surface area contributed by atoms with Gasteiger partial charge in [-0.1, -0.05) is 6.07 Å². The SMILES string of the molecule is COCC1CN(C(=O)c2cccc(OC)c2)CC12CCOCC2. The van der Waals surface area contributed by atoms with Crippen LogP contribution in [-0.4, -0.2) is 57.9 Å². The summed E-state index contributed by atoms with van der Waals surface area (Å²) < 4.78 is 16.2. The summed E-state index contributed by atoms with van der Waals surface area (Å²) in [4.78, 5) is 14.9. The maximum atomic E-state index is 12.9. The van der Waals surface area contributed by atoms with Crippen molar-refractivity contribution in [3.8, 4) is 5.75 Å². The molecule has 2 saturated heterocycles. The van der Waals surface area contributed by atoms with E-state index in [4.69, 9.17) is 14.2 Å². The first kappa shape index (κ1) is 16.3. The van der Waals surface area contributed by atoms with Gasteiger partial charge in [0.25, 0.3) is 5.91 Å². The van der Waals surface area contributed by atoms with Gasteiger partial charge in [-0.2, -0.15) is 0 Å². The molecule has 2 aliphatic rings. The average molecular weight is 319 g/mol. The van der Waals surface area contributed by atoms with Crippen LogP contribution in [0, 0.1) is 11.3 Å². The van der Waals surface area contributed by atoms with E-state index in [1.807, 2.05) is 29.2 Å². The highest BCUT2D eigenvalue weighted by Crippen LogP contribution is 2.44. The molecular weight excluding hydrogens is 294 g/mol. The Morgan fingerprint density at radius 2 is 2.13 bits per heavy atom. The zero-order valence-electron chi connectivity index (χ0n) is 13.9. The van der Waals surface area contributed by atoms with E-state index in [2.05, 4.69) is 0 Å². The Morgan fingerprint density at radius 1 is 1.35 bits per heavy atom. The number of hydrogen-bond acceptors (Lipinski definition) is 4. The summed E-state index contributed by atoms with van der Waals surface area (Å²) in [6.07, 6.45) is 2.01. The van der Waals surface area contributed by atoms with Crippen LogP contribution in [0.5, 0.6) is 5.75 Å². The van der Waals surface area contributed by atoms with Crippen LogP contribution in [0.3, 0.4) is 0 Å². The Hall–Kier alpha value is -1.59. The molecule has 3 rings (SSSR count). The van der Waals surface area contributed by atoms with Gasteiger partial charge in [-0.25, -0.2) is 0 Å². The highest BCUT2D eigenvalue weighted by Gasteiger charge is 2.48. The first-order valence-electron chi connectivity index (χ1n) is 8.18. The lowest BCUT2D eigenvalue weighted by molar-refractivity contribution is -0.0169. The quantitative estimate of drug-likeness (QED) is 0.854. The van der Waals surface area contributed by atoms with Gasteiger partial charge < -0.3 is 19.1 Å². The molecule has 0 N–H and O–H groups in total. The van der Waals surface area contributed by atoms with Gasteiger partial charge in [-0.15, -0.1) is 0 Å². The zero-order valence-corrected chi connectivity index (χ0v) is 13.9. The van der Waals surface area contributed by atoms with E-state index in [-0.39, 0.29) is 11.3 Å². The van der Waals surface area contributed by atoms with Crippen molar-refractivity contribution >= 4 is 5.91 Å². The van der Waals surface area contributed by atoms with Gasteiger partial charge in [0.05, 0.1) is 13.7 Å². The number of carbonyl (C=O) groups excluding carboxylic acids is 1. The van der Waals surface area contributed by atoms with E-state index in [0.717, 1.165) is 39.1 Å². The fourth-order valence-electron chi connectivity index (χ4n) is 3.90. The molecule has 2 aliphatic heterocycles. The molecule has 1 aromatic rings. The van der Waals surface area contributed by atoms with Crippen LogP contribution in [0.15, 0.2) is 24.3 Å². The highest BCUT2D eigenvalue weighted by atomic mass is 16.5. The minimum absolute atomic E-state index is 0.0772. The minimum Gasteiger partial charge on any atom is -0.497 e. The molecule has 5 heteroatoms. The number of amides is 1. The molecule has 1 atom stereocenters. The topological polar surface area (TPSA) is 48.0 Å². The van der Waals surface area contributed by atoms with Crippen LogP contribution < -0.4 is 4.74 Å². The lowest BCUT2D eigenvalue weighted by atomic mass is 9.72. The fraction of sp³-hybridized carbons (Fsp3) is 0.611. The van der Waals surface area contributed by atoms with Gasteiger partial charge >= 0.3 is 0 Å². The lowest BCUT2D eigenvalue weighted by Gasteiger charge is -2.37. The third kappa shape index (κ3) is 3.21. The van der Waals surface area contributed by atoms with Crippen molar-refractivity contribution in [3.63, 3.8) is 0 Å². The van der Waals surface area contributed by atoms with Crippen molar-refractivity contribution in [2.45, 2.75) is 12.8 Å². The van der Waals surface area contributed by atoms with Gasteiger partial charge in [0.15, 0.2) is 0 Å². The van der Waals surface area contributed by atoms with Crippen LogP contribution in [0.25, 0.3) is 0 Å². The Bertz CT molecular complexity index is 554. The van der Waals surface area contributed by atoms with Gasteiger partial charge in [-0.3, -0.25) is 4.79 Å². The van der Waals surface area contributed by atoms with Crippen LogP contribution in [0.4, 0.5) is 0 Å². The number of methoxy groups -OCH3 is 2. The van der Waals surface area contributed by atoms with Crippen molar-refractivity contribution in [1.29, 1.82) is 0 Å². The van der Waals surface area contributed by atoms with Crippen LogP contribution in [0.1, 0.15) is 23.2 Å². The van der Waals surface area contributed by atoms with E-state index >= 15 is 0 Å². The van der Waals surface area contributed by atoms with Crippen molar-refractivity contribution in [1.82, 2.24) is 4.90 Å². The third-order valence-corrected chi connectivity index (χ3v) is 5.27. The second kappa shape index (κ2) is 6.89. The summed E-state index contributed by atoms with van der Waals surface area (Å²) in [7, 11) is 3.35. The van der Waals surface area contributed by atoms with Gasteiger partial charge in [0, 0.05) is 44.9 Å². The summed E-state index contributed by atoms with van der Waals surface area (Å²) in [6.45, 7) is 3.80. The number of carbonyl (C=O) groups is 1. The number of ether oxygens (including phenoxy) is 3. The number of nitrogens with zero attached hydrogens (tertiary/aromatic N) is 1. The summed E-state index contributed by atoms with van der Waals surface area (Å²) >= 11 is 0. The second-order valence-electron chi connectivity index (χ2n) is 6.54. The second-order valence-corrected chi connectivity index (χ2v) is 6.54. The molecule has 5 nitrogen and oxygen atoms in total. The van der Waals surface area contributed by atoms with E-state index in [1.165, 1.54) is 0 Å². The maximum absolute atomic E-state index is 12.9.